The summed E-state index contributed by atoms with van der Waals surface area (Å²) < 4.78 is 10.5. The van der Waals surface area contributed by atoms with Crippen LogP contribution in [0.25, 0.3) is 0 Å². The van der Waals surface area contributed by atoms with Crippen molar-refractivity contribution < 1.29 is 19.4 Å². The van der Waals surface area contributed by atoms with Crippen LogP contribution >= 0.6 is 0 Å². The third-order valence-corrected chi connectivity index (χ3v) is 2.77. The lowest BCUT2D eigenvalue weighted by Crippen LogP contribution is -2.51. The van der Waals surface area contributed by atoms with Gasteiger partial charge in [0.2, 0.25) is 0 Å². The fourth-order valence-electron chi connectivity index (χ4n) is 2.02. The number of aliphatic carboxylic acids is 1. The standard InChI is InChI=1S/C11H21NO4/c1-11(2)6-8(4-5-16-11)12-9(7-15-3)10(13)14/h8-9,12H,4-7H2,1-3H3,(H,13,14). The molecule has 0 radical (unpaired) electrons. The van der Waals surface area contributed by atoms with Crippen LogP contribution in [0.2, 0.25) is 0 Å². The van der Waals surface area contributed by atoms with Crippen molar-refractivity contribution in [2.24, 2.45) is 0 Å². The number of rotatable bonds is 5. The first kappa shape index (κ1) is 13.4. The summed E-state index contributed by atoms with van der Waals surface area (Å²) in [4.78, 5) is 11.0. The van der Waals surface area contributed by atoms with Crippen molar-refractivity contribution in [2.75, 3.05) is 20.3 Å². The van der Waals surface area contributed by atoms with E-state index in [1.807, 2.05) is 13.8 Å². The Balaban J connectivity index is 2.48. The SMILES string of the molecule is COCC(NC1CCOC(C)(C)C1)C(=O)O. The first-order valence-corrected chi connectivity index (χ1v) is 5.56. The number of ether oxygens (including phenoxy) is 2. The second kappa shape index (κ2) is 5.61. The molecule has 94 valence electrons. The van der Waals surface area contributed by atoms with Crippen LogP contribution in [0, 0.1) is 0 Å². The van der Waals surface area contributed by atoms with E-state index in [2.05, 4.69) is 5.32 Å². The van der Waals surface area contributed by atoms with Crippen molar-refractivity contribution in [2.45, 2.75) is 44.4 Å². The molecule has 16 heavy (non-hydrogen) atoms. The van der Waals surface area contributed by atoms with E-state index in [1.54, 1.807) is 0 Å². The average molecular weight is 231 g/mol. The Morgan fingerprint density at radius 2 is 2.38 bits per heavy atom. The largest absolute Gasteiger partial charge is 0.480 e. The molecule has 1 fully saturated rings. The maximum atomic E-state index is 11.0. The van der Waals surface area contributed by atoms with Crippen LogP contribution < -0.4 is 5.32 Å². The van der Waals surface area contributed by atoms with Gasteiger partial charge in [0, 0.05) is 19.8 Å². The van der Waals surface area contributed by atoms with Crippen LogP contribution in [0.5, 0.6) is 0 Å². The van der Waals surface area contributed by atoms with Crippen molar-refractivity contribution in [3.63, 3.8) is 0 Å². The van der Waals surface area contributed by atoms with Crippen LogP contribution in [0.1, 0.15) is 26.7 Å². The van der Waals surface area contributed by atoms with Crippen molar-refractivity contribution in [3.05, 3.63) is 0 Å². The zero-order valence-electron chi connectivity index (χ0n) is 10.2. The summed E-state index contributed by atoms with van der Waals surface area (Å²) in [5.41, 5.74) is -0.175. The van der Waals surface area contributed by atoms with E-state index >= 15 is 0 Å². The summed E-state index contributed by atoms with van der Waals surface area (Å²) in [5, 5.41) is 12.1. The Hall–Kier alpha value is -0.650. The fourth-order valence-corrected chi connectivity index (χ4v) is 2.02. The normalized spacial score (nSPS) is 26.3. The fraction of sp³-hybridized carbons (Fsp3) is 0.909. The summed E-state index contributed by atoms with van der Waals surface area (Å²) in [5.74, 6) is -0.869. The van der Waals surface area contributed by atoms with Gasteiger partial charge in [-0.05, 0) is 26.7 Å². The minimum atomic E-state index is -0.869. The van der Waals surface area contributed by atoms with E-state index in [0.717, 1.165) is 12.8 Å². The number of methoxy groups -OCH3 is 1. The highest BCUT2D eigenvalue weighted by atomic mass is 16.5. The van der Waals surface area contributed by atoms with Crippen LogP contribution in [-0.2, 0) is 14.3 Å². The zero-order valence-corrected chi connectivity index (χ0v) is 10.2. The molecule has 5 nitrogen and oxygen atoms in total. The molecule has 0 aromatic rings. The molecule has 1 saturated heterocycles. The van der Waals surface area contributed by atoms with Crippen LogP contribution in [0.15, 0.2) is 0 Å². The number of carboxylic acids is 1. The molecule has 2 atom stereocenters. The Labute approximate surface area is 96.1 Å². The molecule has 0 spiro atoms. The molecule has 1 aliphatic rings. The van der Waals surface area contributed by atoms with Gasteiger partial charge in [0.05, 0.1) is 12.2 Å². The quantitative estimate of drug-likeness (QED) is 0.726. The minimum absolute atomic E-state index is 0.175. The average Bonchev–Trinajstić information content (AvgIpc) is 2.15. The lowest BCUT2D eigenvalue weighted by molar-refractivity contribution is -0.142. The van der Waals surface area contributed by atoms with Gasteiger partial charge in [-0.1, -0.05) is 0 Å². The van der Waals surface area contributed by atoms with Crippen molar-refractivity contribution >= 4 is 5.97 Å². The van der Waals surface area contributed by atoms with Crippen molar-refractivity contribution in [1.82, 2.24) is 5.32 Å². The Morgan fingerprint density at radius 3 is 2.88 bits per heavy atom. The van der Waals surface area contributed by atoms with Crippen LogP contribution in [0.3, 0.4) is 0 Å². The zero-order chi connectivity index (χ0) is 12.2. The molecule has 0 aromatic heterocycles. The molecule has 5 heteroatoms. The van der Waals surface area contributed by atoms with Gasteiger partial charge in [-0.3, -0.25) is 10.1 Å². The second-order valence-electron chi connectivity index (χ2n) is 4.81. The third-order valence-electron chi connectivity index (χ3n) is 2.77. The monoisotopic (exact) mass is 231 g/mol. The Bertz CT molecular complexity index is 242. The third kappa shape index (κ3) is 4.08. The van der Waals surface area contributed by atoms with Gasteiger partial charge >= 0.3 is 5.97 Å². The van der Waals surface area contributed by atoms with Gasteiger partial charge in [0.1, 0.15) is 6.04 Å². The predicted octanol–water partition coefficient (Wildman–Crippen LogP) is 0.633. The lowest BCUT2D eigenvalue weighted by Gasteiger charge is -2.37. The van der Waals surface area contributed by atoms with Crippen LogP contribution in [0.4, 0.5) is 0 Å². The molecule has 1 rings (SSSR count). The number of nitrogens with one attached hydrogen (secondary N) is 1. The molecule has 0 bridgehead atoms. The molecule has 1 heterocycles. The summed E-state index contributed by atoms with van der Waals surface area (Å²) in [7, 11) is 1.51. The first-order valence-electron chi connectivity index (χ1n) is 5.56. The van der Waals surface area contributed by atoms with E-state index < -0.39 is 12.0 Å². The Morgan fingerprint density at radius 1 is 1.69 bits per heavy atom. The first-order chi connectivity index (χ1) is 7.44. The molecule has 0 aromatic carbocycles. The van der Waals surface area contributed by atoms with Gasteiger partial charge in [0.15, 0.2) is 0 Å². The maximum Gasteiger partial charge on any atom is 0.323 e. The molecule has 2 N–H and O–H groups in total. The Kier molecular flexibility index (Phi) is 4.70. The molecule has 2 unspecified atom stereocenters. The highest BCUT2D eigenvalue weighted by Gasteiger charge is 2.31. The predicted molar refractivity (Wildman–Crippen MR) is 59.5 cm³/mol. The second-order valence-corrected chi connectivity index (χ2v) is 4.81. The van der Waals surface area contributed by atoms with E-state index in [-0.39, 0.29) is 18.2 Å². The van der Waals surface area contributed by atoms with Crippen LogP contribution in [-0.4, -0.2) is 49.1 Å². The van der Waals surface area contributed by atoms with Gasteiger partial charge in [-0.25, -0.2) is 0 Å². The molecular weight excluding hydrogens is 210 g/mol. The van der Waals surface area contributed by atoms with E-state index in [0.29, 0.717) is 6.61 Å². The van der Waals surface area contributed by atoms with Crippen molar-refractivity contribution in [3.8, 4) is 0 Å². The molecule has 0 saturated carbocycles. The molecule has 1 aliphatic heterocycles. The van der Waals surface area contributed by atoms with Crippen molar-refractivity contribution in [1.29, 1.82) is 0 Å². The molecule has 0 amide bonds. The maximum absolute atomic E-state index is 11.0. The van der Waals surface area contributed by atoms with E-state index in [1.165, 1.54) is 7.11 Å². The molecule has 0 aliphatic carbocycles. The van der Waals surface area contributed by atoms with Gasteiger partial charge in [0.25, 0.3) is 0 Å². The summed E-state index contributed by atoms with van der Waals surface area (Å²) >= 11 is 0. The smallest absolute Gasteiger partial charge is 0.323 e. The lowest BCUT2D eigenvalue weighted by atomic mass is 9.93. The summed E-state index contributed by atoms with van der Waals surface area (Å²) in [6.45, 7) is 4.90. The van der Waals surface area contributed by atoms with Gasteiger partial charge < -0.3 is 14.6 Å². The highest BCUT2D eigenvalue weighted by molar-refractivity contribution is 5.73. The highest BCUT2D eigenvalue weighted by Crippen LogP contribution is 2.24. The number of carbonyl (C=O) groups is 1. The summed E-state index contributed by atoms with van der Waals surface area (Å²) in [6, 6.07) is -0.455. The van der Waals surface area contributed by atoms with E-state index in [9.17, 15) is 4.79 Å². The topological polar surface area (TPSA) is 67.8 Å². The summed E-state index contributed by atoms with van der Waals surface area (Å²) in [6.07, 6.45) is 1.66. The molecular formula is C11H21NO4. The number of carboxylic acid groups (broad SMARTS) is 1. The van der Waals surface area contributed by atoms with Gasteiger partial charge in [-0.15, -0.1) is 0 Å². The number of hydrogen-bond acceptors (Lipinski definition) is 4. The van der Waals surface area contributed by atoms with Gasteiger partial charge in [-0.2, -0.15) is 0 Å². The number of hydrogen-bond donors (Lipinski definition) is 2. The van der Waals surface area contributed by atoms with E-state index in [4.69, 9.17) is 14.6 Å². The minimum Gasteiger partial charge on any atom is -0.480 e.